The SMILES string of the molecule is COc1ccc(-c2sc(NC3CCCCCC3)nc2C)cc1S(=O)(=O)Nc1ccc(Cl)cc1F. The van der Waals surface area contributed by atoms with Crippen molar-refractivity contribution >= 4 is 43.8 Å². The highest BCUT2D eigenvalue weighted by molar-refractivity contribution is 7.92. The molecule has 0 aliphatic heterocycles. The van der Waals surface area contributed by atoms with Crippen molar-refractivity contribution in [3.8, 4) is 16.2 Å². The lowest BCUT2D eigenvalue weighted by atomic mass is 10.1. The molecule has 0 unspecified atom stereocenters. The van der Waals surface area contributed by atoms with Gasteiger partial charge in [0.25, 0.3) is 10.0 Å². The topological polar surface area (TPSA) is 80.3 Å². The third-order valence-electron chi connectivity index (χ3n) is 5.87. The quantitative estimate of drug-likeness (QED) is 0.331. The zero-order valence-corrected chi connectivity index (χ0v) is 21.4. The molecule has 2 N–H and O–H groups in total. The van der Waals surface area contributed by atoms with Crippen molar-refractivity contribution in [3.63, 3.8) is 0 Å². The Hall–Kier alpha value is -2.36. The highest BCUT2D eigenvalue weighted by atomic mass is 35.5. The van der Waals surface area contributed by atoms with Gasteiger partial charge in [0.05, 0.1) is 23.4 Å². The second kappa shape index (κ2) is 10.5. The van der Waals surface area contributed by atoms with Crippen molar-refractivity contribution < 1.29 is 17.5 Å². The van der Waals surface area contributed by atoms with E-state index in [9.17, 15) is 12.8 Å². The molecule has 0 amide bonds. The lowest BCUT2D eigenvalue weighted by Crippen LogP contribution is -2.17. The molecule has 0 bridgehead atoms. The van der Waals surface area contributed by atoms with Crippen LogP contribution in [0.2, 0.25) is 5.02 Å². The van der Waals surface area contributed by atoms with Gasteiger partial charge in [0, 0.05) is 11.1 Å². The van der Waals surface area contributed by atoms with Gasteiger partial charge in [-0.05, 0) is 61.7 Å². The zero-order chi connectivity index (χ0) is 24.3. The number of aryl methyl sites for hydroxylation is 1. The molecule has 3 aromatic rings. The highest BCUT2D eigenvalue weighted by Gasteiger charge is 2.23. The molecule has 0 radical (unpaired) electrons. The molecule has 1 aliphatic rings. The summed E-state index contributed by atoms with van der Waals surface area (Å²) in [5.74, 6) is -0.608. The Labute approximate surface area is 208 Å². The normalized spacial score (nSPS) is 15.1. The van der Waals surface area contributed by atoms with Crippen molar-refractivity contribution in [1.82, 2.24) is 4.98 Å². The Kier molecular flexibility index (Phi) is 7.64. The van der Waals surface area contributed by atoms with E-state index in [4.69, 9.17) is 16.3 Å². The number of rotatable bonds is 7. The van der Waals surface area contributed by atoms with Crippen LogP contribution in [-0.4, -0.2) is 26.6 Å². The number of nitrogens with one attached hydrogen (secondary N) is 2. The molecule has 1 fully saturated rings. The van der Waals surface area contributed by atoms with Crippen LogP contribution in [0.5, 0.6) is 5.75 Å². The van der Waals surface area contributed by atoms with Gasteiger partial charge in [-0.3, -0.25) is 4.72 Å². The van der Waals surface area contributed by atoms with E-state index in [0.29, 0.717) is 11.6 Å². The largest absolute Gasteiger partial charge is 0.495 e. The number of halogens is 2. The summed E-state index contributed by atoms with van der Waals surface area (Å²) in [6, 6.07) is 9.09. The Morgan fingerprint density at radius 2 is 1.85 bits per heavy atom. The predicted molar refractivity (Wildman–Crippen MR) is 136 cm³/mol. The number of benzene rings is 2. The molecule has 1 heterocycles. The number of hydrogen-bond acceptors (Lipinski definition) is 6. The molecule has 1 aliphatic carbocycles. The Balaban J connectivity index is 1.64. The van der Waals surface area contributed by atoms with E-state index >= 15 is 0 Å². The lowest BCUT2D eigenvalue weighted by Gasteiger charge is -2.15. The molecule has 0 saturated heterocycles. The number of ether oxygens (including phenoxy) is 1. The number of methoxy groups -OCH3 is 1. The van der Waals surface area contributed by atoms with E-state index in [0.717, 1.165) is 34.6 Å². The number of hydrogen-bond donors (Lipinski definition) is 2. The average molecular weight is 524 g/mol. The fourth-order valence-corrected chi connectivity index (χ4v) is 6.59. The van der Waals surface area contributed by atoms with E-state index in [2.05, 4.69) is 15.0 Å². The van der Waals surface area contributed by atoms with Gasteiger partial charge in [-0.1, -0.05) is 48.6 Å². The predicted octanol–water partition coefficient (Wildman–Crippen LogP) is 6.86. The molecule has 1 aromatic heterocycles. The smallest absolute Gasteiger partial charge is 0.265 e. The fourth-order valence-electron chi connectivity index (χ4n) is 4.12. The summed E-state index contributed by atoms with van der Waals surface area (Å²) < 4.78 is 48.2. The van der Waals surface area contributed by atoms with E-state index < -0.39 is 15.8 Å². The maximum Gasteiger partial charge on any atom is 0.265 e. The maximum absolute atomic E-state index is 14.2. The first-order valence-electron chi connectivity index (χ1n) is 11.2. The van der Waals surface area contributed by atoms with Crippen molar-refractivity contribution in [1.29, 1.82) is 0 Å². The number of nitrogens with zero attached hydrogens (tertiary/aromatic N) is 1. The molecular weight excluding hydrogens is 497 g/mol. The number of aromatic nitrogens is 1. The van der Waals surface area contributed by atoms with E-state index in [1.807, 2.05) is 6.92 Å². The van der Waals surface area contributed by atoms with Crippen LogP contribution < -0.4 is 14.8 Å². The standard InChI is InChI=1S/C24H27ClFN3O3S2/c1-15-23(33-24(27-15)28-18-7-5-3-4-6-8-18)16-9-12-21(32-2)22(13-16)34(30,31)29-20-11-10-17(25)14-19(20)26/h9-14,18,29H,3-8H2,1-2H3,(H,27,28). The van der Waals surface area contributed by atoms with Crippen LogP contribution in [0.15, 0.2) is 41.3 Å². The Morgan fingerprint density at radius 1 is 1.12 bits per heavy atom. The minimum Gasteiger partial charge on any atom is -0.495 e. The molecule has 182 valence electrons. The number of anilines is 2. The minimum absolute atomic E-state index is 0.0899. The maximum atomic E-state index is 14.2. The molecule has 0 spiro atoms. The fraction of sp³-hybridized carbons (Fsp3) is 0.375. The summed E-state index contributed by atoms with van der Waals surface area (Å²) in [6.07, 6.45) is 7.25. The summed E-state index contributed by atoms with van der Waals surface area (Å²) in [4.78, 5) is 5.46. The van der Waals surface area contributed by atoms with Crippen molar-refractivity contribution in [2.24, 2.45) is 0 Å². The molecular formula is C24H27ClFN3O3S2. The van der Waals surface area contributed by atoms with Gasteiger partial charge >= 0.3 is 0 Å². The van der Waals surface area contributed by atoms with Crippen LogP contribution in [0, 0.1) is 12.7 Å². The third kappa shape index (κ3) is 5.64. The van der Waals surface area contributed by atoms with Gasteiger partial charge in [0.15, 0.2) is 5.13 Å². The molecule has 1 saturated carbocycles. The van der Waals surface area contributed by atoms with Gasteiger partial charge in [0.2, 0.25) is 0 Å². The van der Waals surface area contributed by atoms with Crippen LogP contribution in [0.25, 0.3) is 10.4 Å². The van der Waals surface area contributed by atoms with Crippen molar-refractivity contribution in [3.05, 3.63) is 52.9 Å². The number of thiazole rings is 1. The van der Waals surface area contributed by atoms with Gasteiger partial charge in [0.1, 0.15) is 16.5 Å². The molecule has 2 aromatic carbocycles. The van der Waals surface area contributed by atoms with Crippen LogP contribution in [0.1, 0.15) is 44.2 Å². The van der Waals surface area contributed by atoms with Gasteiger partial charge in [-0.15, -0.1) is 0 Å². The average Bonchev–Trinajstić information content (AvgIpc) is 2.98. The Morgan fingerprint density at radius 3 is 2.53 bits per heavy atom. The van der Waals surface area contributed by atoms with E-state index in [1.54, 1.807) is 12.1 Å². The highest BCUT2D eigenvalue weighted by Crippen LogP contribution is 2.38. The molecule has 6 nitrogen and oxygen atoms in total. The van der Waals surface area contributed by atoms with Crippen LogP contribution in [0.3, 0.4) is 0 Å². The van der Waals surface area contributed by atoms with Gasteiger partial charge in [-0.2, -0.15) is 0 Å². The van der Waals surface area contributed by atoms with Crippen LogP contribution in [0.4, 0.5) is 15.2 Å². The van der Waals surface area contributed by atoms with Crippen LogP contribution >= 0.6 is 22.9 Å². The molecule has 10 heteroatoms. The molecule has 0 atom stereocenters. The van der Waals surface area contributed by atoms with Gasteiger partial charge in [-0.25, -0.2) is 17.8 Å². The summed E-state index contributed by atoms with van der Waals surface area (Å²) in [6.45, 7) is 1.91. The van der Waals surface area contributed by atoms with Crippen molar-refractivity contribution in [2.45, 2.75) is 56.4 Å². The summed E-state index contributed by atoms with van der Waals surface area (Å²) in [5, 5.41) is 4.57. The van der Waals surface area contributed by atoms with E-state index in [-0.39, 0.29) is 21.4 Å². The van der Waals surface area contributed by atoms with E-state index in [1.165, 1.54) is 62.3 Å². The summed E-state index contributed by atoms with van der Waals surface area (Å²) in [7, 11) is -2.75. The Bertz CT molecular complexity index is 1270. The first-order valence-corrected chi connectivity index (χ1v) is 13.8. The first-order chi connectivity index (χ1) is 16.3. The van der Waals surface area contributed by atoms with Crippen LogP contribution in [-0.2, 0) is 10.0 Å². The number of sulfonamides is 1. The second-order valence-electron chi connectivity index (χ2n) is 8.36. The zero-order valence-electron chi connectivity index (χ0n) is 19.0. The monoisotopic (exact) mass is 523 g/mol. The molecule has 4 rings (SSSR count). The summed E-state index contributed by atoms with van der Waals surface area (Å²) in [5.41, 5.74) is 1.31. The lowest BCUT2D eigenvalue weighted by molar-refractivity contribution is 0.403. The minimum atomic E-state index is -4.14. The van der Waals surface area contributed by atoms with Crippen molar-refractivity contribution in [2.75, 3.05) is 17.1 Å². The first kappa shape index (κ1) is 24.8. The third-order valence-corrected chi connectivity index (χ3v) is 8.63. The molecule has 34 heavy (non-hydrogen) atoms. The second-order valence-corrected chi connectivity index (χ2v) is 11.4. The van der Waals surface area contributed by atoms with Gasteiger partial charge < -0.3 is 10.1 Å². The summed E-state index contributed by atoms with van der Waals surface area (Å²) >= 11 is 7.28.